The van der Waals surface area contributed by atoms with Crippen LogP contribution in [0.2, 0.25) is 0 Å². The molecule has 3 N–H and O–H groups in total. The third kappa shape index (κ3) is 7.37. The molecule has 0 radical (unpaired) electrons. The molecule has 0 saturated carbocycles. The molecule has 2 atom stereocenters. The lowest BCUT2D eigenvalue weighted by Crippen LogP contribution is -2.24. The summed E-state index contributed by atoms with van der Waals surface area (Å²) in [6, 6.07) is 0. The second kappa shape index (κ2) is 12.6. The van der Waals surface area contributed by atoms with Crippen LogP contribution in [0.15, 0.2) is 35.4 Å². The summed E-state index contributed by atoms with van der Waals surface area (Å²) in [6.45, 7) is 7.01. The van der Waals surface area contributed by atoms with Gasteiger partial charge in [0.1, 0.15) is 19.1 Å². The van der Waals surface area contributed by atoms with Crippen molar-refractivity contribution in [1.82, 2.24) is 19.5 Å². The first-order valence-electron chi connectivity index (χ1n) is 10.4. The SMILES string of the molecule is C=C/C(=C\CCC)COP(=O)(COC(CF)Cn1cnc2c(=O)[nH]c(N)nc21)OCCC. The van der Waals surface area contributed by atoms with E-state index < -0.39 is 32.3 Å². The third-order valence-electron chi connectivity index (χ3n) is 4.41. The largest absolute Gasteiger partial charge is 0.369 e. The predicted molar refractivity (Wildman–Crippen MR) is 121 cm³/mol. The number of ether oxygens (including phenoxy) is 1. The normalized spacial score (nSPS) is 15.0. The molecular formula is C20H31FN5O5P. The number of hydrogen-bond donors (Lipinski definition) is 2. The maximum absolute atomic E-state index is 13.7. The van der Waals surface area contributed by atoms with Gasteiger partial charge >= 0.3 is 7.60 Å². The number of alkyl halides is 1. The van der Waals surface area contributed by atoms with Crippen LogP contribution in [0.25, 0.3) is 11.2 Å². The van der Waals surface area contributed by atoms with Crippen LogP contribution in [-0.2, 0) is 24.9 Å². The number of aromatic nitrogens is 4. The highest BCUT2D eigenvalue weighted by molar-refractivity contribution is 7.53. The molecular weight excluding hydrogens is 440 g/mol. The molecule has 2 aromatic heterocycles. The molecule has 0 saturated heterocycles. The summed E-state index contributed by atoms with van der Waals surface area (Å²) >= 11 is 0. The van der Waals surface area contributed by atoms with Crippen molar-refractivity contribution in [2.75, 3.05) is 32.0 Å². The first kappa shape index (κ1) is 25.9. The van der Waals surface area contributed by atoms with Gasteiger partial charge in [0.25, 0.3) is 5.56 Å². The van der Waals surface area contributed by atoms with Crippen LogP contribution in [0.4, 0.5) is 10.3 Å². The summed E-state index contributed by atoms with van der Waals surface area (Å²) in [5, 5.41) is 0. The number of nitrogens with two attached hydrogens (primary N) is 1. The number of nitrogens with zero attached hydrogens (tertiary/aromatic N) is 3. The Bertz CT molecular complexity index is 1020. The zero-order chi connectivity index (χ0) is 23.6. The number of H-pyrrole nitrogens is 1. The number of nitrogen functional groups attached to an aromatic ring is 1. The first-order valence-corrected chi connectivity index (χ1v) is 12.2. The number of aromatic amines is 1. The number of hydrogen-bond acceptors (Lipinski definition) is 8. The van der Waals surface area contributed by atoms with E-state index in [2.05, 4.69) is 21.5 Å². The molecule has 32 heavy (non-hydrogen) atoms. The Hall–Kier alpha value is -2.33. The van der Waals surface area contributed by atoms with Gasteiger partial charge in [-0.05, 0) is 18.4 Å². The van der Waals surface area contributed by atoms with Gasteiger partial charge < -0.3 is 24.1 Å². The minimum atomic E-state index is -3.65. The van der Waals surface area contributed by atoms with Gasteiger partial charge in [-0.1, -0.05) is 39.0 Å². The van der Waals surface area contributed by atoms with Gasteiger partial charge in [-0.15, -0.1) is 0 Å². The highest BCUT2D eigenvalue weighted by Crippen LogP contribution is 2.49. The van der Waals surface area contributed by atoms with E-state index in [-0.39, 0.29) is 36.9 Å². The summed E-state index contributed by atoms with van der Waals surface area (Å²) in [7, 11) is -3.65. The lowest BCUT2D eigenvalue weighted by molar-refractivity contribution is 0.0385. The maximum Gasteiger partial charge on any atom is 0.356 e. The van der Waals surface area contributed by atoms with E-state index >= 15 is 0 Å². The number of allylic oxidation sites excluding steroid dienone is 1. The monoisotopic (exact) mass is 471 g/mol. The molecule has 0 aliphatic carbocycles. The lowest BCUT2D eigenvalue weighted by atomic mass is 10.2. The van der Waals surface area contributed by atoms with Crippen molar-refractivity contribution in [2.24, 2.45) is 0 Å². The van der Waals surface area contributed by atoms with E-state index in [0.717, 1.165) is 18.4 Å². The average molecular weight is 471 g/mol. The standard InChI is InChI=1S/C20H31FN5O5P/c1-4-7-8-15(6-3)12-31-32(28,30-9-5-2)14-29-16(10-21)11-26-13-23-17-18(26)24-20(22)25-19(17)27/h6,8,13,16H,3-5,7,9-12,14H2,1-2H3,(H3,22,24,25,27)/b15-8+. The van der Waals surface area contributed by atoms with Gasteiger partial charge in [-0.3, -0.25) is 14.3 Å². The van der Waals surface area contributed by atoms with E-state index in [1.54, 1.807) is 6.08 Å². The number of imidazole rings is 1. The summed E-state index contributed by atoms with van der Waals surface area (Å²) in [6.07, 6.45) is 5.93. The van der Waals surface area contributed by atoms with Crippen molar-refractivity contribution in [3.8, 4) is 0 Å². The number of halogens is 1. The van der Waals surface area contributed by atoms with Crippen LogP contribution < -0.4 is 11.3 Å². The van der Waals surface area contributed by atoms with Gasteiger partial charge in [-0.25, -0.2) is 9.37 Å². The molecule has 0 bridgehead atoms. The van der Waals surface area contributed by atoms with Crippen LogP contribution >= 0.6 is 7.60 Å². The number of rotatable bonds is 15. The van der Waals surface area contributed by atoms with Crippen molar-refractivity contribution in [3.05, 3.63) is 41.0 Å². The highest BCUT2D eigenvalue weighted by atomic mass is 31.2. The number of anilines is 1. The quantitative estimate of drug-likeness (QED) is 0.297. The molecule has 12 heteroatoms. The Morgan fingerprint density at radius 1 is 1.41 bits per heavy atom. The third-order valence-corrected chi connectivity index (χ3v) is 5.98. The molecule has 2 aromatic rings. The van der Waals surface area contributed by atoms with Gasteiger partial charge in [0, 0.05) is 0 Å². The molecule has 2 unspecified atom stereocenters. The Balaban J connectivity index is 2.08. The molecule has 2 heterocycles. The molecule has 0 aliphatic rings. The molecule has 0 aliphatic heterocycles. The number of unbranched alkanes of at least 4 members (excludes halogenated alkanes) is 1. The van der Waals surface area contributed by atoms with Gasteiger partial charge in [0.2, 0.25) is 5.95 Å². The molecule has 0 aromatic carbocycles. The summed E-state index contributed by atoms with van der Waals surface area (Å²) in [5.74, 6) is -0.0815. The van der Waals surface area contributed by atoms with E-state index in [9.17, 15) is 13.8 Å². The maximum atomic E-state index is 13.7. The lowest BCUT2D eigenvalue weighted by Gasteiger charge is -2.22. The molecule has 2 rings (SSSR count). The Kier molecular flexibility index (Phi) is 10.2. The minimum Gasteiger partial charge on any atom is -0.369 e. The van der Waals surface area contributed by atoms with E-state index in [1.807, 2.05) is 19.9 Å². The minimum absolute atomic E-state index is 0.0228. The molecule has 0 fully saturated rings. The number of nitrogens with one attached hydrogen (secondary N) is 1. The van der Waals surface area contributed by atoms with Crippen LogP contribution in [0, 0.1) is 0 Å². The zero-order valence-electron chi connectivity index (χ0n) is 18.5. The fourth-order valence-electron chi connectivity index (χ4n) is 2.71. The Morgan fingerprint density at radius 2 is 2.19 bits per heavy atom. The topological polar surface area (TPSA) is 134 Å². The van der Waals surface area contributed by atoms with Crippen LogP contribution in [0.1, 0.15) is 33.1 Å². The van der Waals surface area contributed by atoms with Crippen molar-refractivity contribution < 1.29 is 22.7 Å². The fourth-order valence-corrected chi connectivity index (χ4v) is 4.14. The summed E-state index contributed by atoms with van der Waals surface area (Å²) in [5.41, 5.74) is 6.15. The predicted octanol–water partition coefficient (Wildman–Crippen LogP) is 3.56. The summed E-state index contributed by atoms with van der Waals surface area (Å²) < 4.78 is 44.8. The van der Waals surface area contributed by atoms with Crippen LogP contribution in [-0.4, -0.2) is 51.9 Å². The average Bonchev–Trinajstić information content (AvgIpc) is 3.18. The van der Waals surface area contributed by atoms with Gasteiger partial charge in [0.05, 0.1) is 26.1 Å². The van der Waals surface area contributed by atoms with Gasteiger partial charge in [0.15, 0.2) is 11.2 Å². The Morgan fingerprint density at radius 3 is 2.84 bits per heavy atom. The van der Waals surface area contributed by atoms with E-state index in [0.29, 0.717) is 6.42 Å². The molecule has 178 valence electrons. The van der Waals surface area contributed by atoms with Crippen molar-refractivity contribution in [2.45, 2.75) is 45.8 Å². The van der Waals surface area contributed by atoms with Crippen molar-refractivity contribution in [1.29, 1.82) is 0 Å². The Labute approximate surface area is 186 Å². The van der Waals surface area contributed by atoms with Crippen LogP contribution in [0.3, 0.4) is 0 Å². The van der Waals surface area contributed by atoms with Crippen molar-refractivity contribution >= 4 is 24.7 Å². The van der Waals surface area contributed by atoms with E-state index in [4.69, 9.17) is 19.5 Å². The fraction of sp³-hybridized carbons (Fsp3) is 0.550. The molecule has 0 spiro atoms. The van der Waals surface area contributed by atoms with E-state index in [1.165, 1.54) is 10.9 Å². The summed E-state index contributed by atoms with van der Waals surface area (Å²) in [4.78, 5) is 22.3. The number of fused-ring (bicyclic) bond motifs is 1. The van der Waals surface area contributed by atoms with Crippen molar-refractivity contribution in [3.63, 3.8) is 0 Å². The molecule has 10 nitrogen and oxygen atoms in total. The van der Waals surface area contributed by atoms with Gasteiger partial charge in [-0.2, -0.15) is 4.98 Å². The first-order chi connectivity index (χ1) is 15.4. The second-order valence-corrected chi connectivity index (χ2v) is 9.08. The highest BCUT2D eigenvalue weighted by Gasteiger charge is 2.28. The molecule has 0 amide bonds. The van der Waals surface area contributed by atoms with Crippen LogP contribution in [0.5, 0.6) is 0 Å². The second-order valence-electron chi connectivity index (χ2n) is 7.08. The smallest absolute Gasteiger partial charge is 0.356 e. The zero-order valence-corrected chi connectivity index (χ0v) is 19.4.